The molecule has 0 bridgehead atoms. The summed E-state index contributed by atoms with van der Waals surface area (Å²) in [5.41, 5.74) is 1.82. The van der Waals surface area contributed by atoms with Crippen LogP contribution in [0.3, 0.4) is 0 Å². The standard InChI is InChI=1S/C18H15NO3S/c1-11-7-9-13(10-8-11)23-18(22)12(2)19-16(20)14-5-3-4-6-15(14)17(19)21/h3-10,12H,1-2H3/t12-/m0/s1. The molecule has 1 aliphatic rings. The average molecular weight is 325 g/mol. The summed E-state index contributed by atoms with van der Waals surface area (Å²) in [6, 6.07) is 13.4. The molecule has 23 heavy (non-hydrogen) atoms. The molecule has 0 N–H and O–H groups in total. The Labute approximate surface area is 138 Å². The highest BCUT2D eigenvalue weighted by Gasteiger charge is 2.40. The van der Waals surface area contributed by atoms with Gasteiger partial charge in [-0.25, -0.2) is 0 Å². The second kappa shape index (κ2) is 6.01. The lowest BCUT2D eigenvalue weighted by atomic mass is 10.1. The van der Waals surface area contributed by atoms with Gasteiger partial charge in [0.1, 0.15) is 6.04 Å². The fourth-order valence-electron chi connectivity index (χ4n) is 2.47. The predicted octanol–water partition coefficient (Wildman–Crippen LogP) is 3.30. The van der Waals surface area contributed by atoms with E-state index in [4.69, 9.17) is 0 Å². The molecule has 5 heteroatoms. The van der Waals surface area contributed by atoms with Gasteiger partial charge in [0.05, 0.1) is 11.1 Å². The Morgan fingerprint density at radius 2 is 1.48 bits per heavy atom. The van der Waals surface area contributed by atoms with Gasteiger partial charge in [-0.2, -0.15) is 0 Å². The summed E-state index contributed by atoms with van der Waals surface area (Å²) in [5.74, 6) is -0.813. The van der Waals surface area contributed by atoms with Crippen molar-refractivity contribution in [2.45, 2.75) is 24.8 Å². The lowest BCUT2D eigenvalue weighted by Crippen LogP contribution is -2.41. The first-order valence-electron chi connectivity index (χ1n) is 7.24. The highest BCUT2D eigenvalue weighted by atomic mass is 32.2. The molecule has 0 spiro atoms. The van der Waals surface area contributed by atoms with Crippen molar-refractivity contribution in [1.29, 1.82) is 0 Å². The van der Waals surface area contributed by atoms with E-state index in [9.17, 15) is 14.4 Å². The van der Waals surface area contributed by atoms with Crippen molar-refractivity contribution in [2.24, 2.45) is 0 Å². The zero-order chi connectivity index (χ0) is 16.6. The summed E-state index contributed by atoms with van der Waals surface area (Å²) in [5, 5.41) is -0.233. The van der Waals surface area contributed by atoms with E-state index in [0.717, 1.165) is 27.1 Å². The smallest absolute Gasteiger partial charge is 0.262 e. The second-order valence-corrected chi connectivity index (χ2v) is 6.51. The number of carbonyl (C=O) groups excluding carboxylic acids is 3. The quantitative estimate of drug-likeness (QED) is 0.642. The van der Waals surface area contributed by atoms with E-state index < -0.39 is 17.9 Å². The first-order valence-corrected chi connectivity index (χ1v) is 8.06. The molecule has 0 aliphatic carbocycles. The highest BCUT2D eigenvalue weighted by Crippen LogP contribution is 2.28. The fraction of sp³-hybridized carbons (Fsp3) is 0.167. The van der Waals surface area contributed by atoms with Gasteiger partial charge >= 0.3 is 0 Å². The summed E-state index contributed by atoms with van der Waals surface area (Å²) in [4.78, 5) is 39.1. The minimum atomic E-state index is -0.811. The molecule has 0 aromatic heterocycles. The normalized spacial score (nSPS) is 14.8. The highest BCUT2D eigenvalue weighted by molar-refractivity contribution is 8.13. The first-order chi connectivity index (χ1) is 11.0. The number of rotatable bonds is 3. The molecule has 4 nitrogen and oxygen atoms in total. The van der Waals surface area contributed by atoms with E-state index >= 15 is 0 Å². The van der Waals surface area contributed by atoms with Crippen molar-refractivity contribution >= 4 is 28.7 Å². The number of aryl methyl sites for hydroxylation is 1. The Kier molecular flexibility index (Phi) is 4.05. The van der Waals surface area contributed by atoms with E-state index in [1.165, 1.54) is 0 Å². The maximum atomic E-state index is 12.4. The van der Waals surface area contributed by atoms with Gasteiger partial charge in [-0.05, 0) is 49.9 Å². The molecule has 0 saturated carbocycles. The van der Waals surface area contributed by atoms with Crippen LogP contribution in [-0.4, -0.2) is 27.9 Å². The Hall–Kier alpha value is -2.40. The monoisotopic (exact) mass is 325 g/mol. The number of hydrogen-bond donors (Lipinski definition) is 0. The third-order valence-corrected chi connectivity index (χ3v) is 4.84. The van der Waals surface area contributed by atoms with E-state index in [1.807, 2.05) is 31.2 Å². The van der Waals surface area contributed by atoms with Crippen LogP contribution in [0, 0.1) is 6.92 Å². The lowest BCUT2D eigenvalue weighted by molar-refractivity contribution is -0.114. The molecule has 0 saturated heterocycles. The van der Waals surface area contributed by atoms with Crippen LogP contribution in [0.15, 0.2) is 53.4 Å². The maximum absolute atomic E-state index is 12.4. The van der Waals surface area contributed by atoms with Crippen molar-refractivity contribution in [3.63, 3.8) is 0 Å². The molecule has 2 amide bonds. The largest absolute Gasteiger partial charge is 0.284 e. The van der Waals surface area contributed by atoms with E-state index in [1.54, 1.807) is 31.2 Å². The molecule has 0 radical (unpaired) electrons. The molecule has 0 unspecified atom stereocenters. The lowest BCUT2D eigenvalue weighted by Gasteiger charge is -2.20. The number of carbonyl (C=O) groups is 3. The Bertz CT molecular complexity index is 763. The molecule has 0 fully saturated rings. The molecule has 2 aromatic rings. The fourth-order valence-corrected chi connectivity index (χ4v) is 3.25. The van der Waals surface area contributed by atoms with E-state index in [-0.39, 0.29) is 5.12 Å². The zero-order valence-corrected chi connectivity index (χ0v) is 13.6. The van der Waals surface area contributed by atoms with Gasteiger partial charge in [0, 0.05) is 4.90 Å². The van der Waals surface area contributed by atoms with Crippen molar-refractivity contribution in [3.8, 4) is 0 Å². The van der Waals surface area contributed by atoms with Gasteiger partial charge < -0.3 is 0 Å². The van der Waals surface area contributed by atoms with Crippen molar-refractivity contribution in [1.82, 2.24) is 4.90 Å². The summed E-state index contributed by atoms with van der Waals surface area (Å²) in [6.45, 7) is 3.56. The van der Waals surface area contributed by atoms with Gasteiger partial charge in [-0.15, -0.1) is 0 Å². The predicted molar refractivity (Wildman–Crippen MR) is 88.4 cm³/mol. The zero-order valence-electron chi connectivity index (χ0n) is 12.8. The second-order valence-electron chi connectivity index (χ2n) is 5.44. The van der Waals surface area contributed by atoms with Crippen LogP contribution in [0.25, 0.3) is 0 Å². The van der Waals surface area contributed by atoms with Gasteiger partial charge in [0.25, 0.3) is 11.8 Å². The van der Waals surface area contributed by atoms with Crippen LogP contribution in [-0.2, 0) is 4.79 Å². The number of benzene rings is 2. The van der Waals surface area contributed by atoms with Gasteiger partial charge in [0.2, 0.25) is 5.12 Å². The Balaban J connectivity index is 1.79. The third kappa shape index (κ3) is 2.80. The number of imide groups is 1. The molecule has 1 aliphatic heterocycles. The van der Waals surface area contributed by atoms with Crippen LogP contribution < -0.4 is 0 Å². The number of amides is 2. The van der Waals surface area contributed by atoms with E-state index in [0.29, 0.717) is 11.1 Å². The van der Waals surface area contributed by atoms with Crippen LogP contribution in [0.1, 0.15) is 33.2 Å². The molecule has 1 atom stereocenters. The van der Waals surface area contributed by atoms with Gasteiger partial charge in [-0.1, -0.05) is 29.8 Å². The van der Waals surface area contributed by atoms with Gasteiger partial charge in [-0.3, -0.25) is 19.3 Å². The summed E-state index contributed by atoms with van der Waals surface area (Å²) >= 11 is 1.05. The number of thioether (sulfide) groups is 1. The number of nitrogens with zero attached hydrogens (tertiary/aromatic N) is 1. The molecule has 2 aromatic carbocycles. The minimum Gasteiger partial charge on any atom is -0.284 e. The van der Waals surface area contributed by atoms with Crippen molar-refractivity contribution < 1.29 is 14.4 Å². The number of hydrogen-bond acceptors (Lipinski definition) is 4. The molecule has 3 rings (SSSR count). The summed E-state index contributed by atoms with van der Waals surface area (Å²) < 4.78 is 0. The van der Waals surface area contributed by atoms with Gasteiger partial charge in [0.15, 0.2) is 0 Å². The first kappa shape index (κ1) is 15.5. The molecular weight excluding hydrogens is 310 g/mol. The molecule has 116 valence electrons. The molecule has 1 heterocycles. The van der Waals surface area contributed by atoms with Crippen LogP contribution >= 0.6 is 11.8 Å². The Morgan fingerprint density at radius 3 is 2.00 bits per heavy atom. The topological polar surface area (TPSA) is 54.5 Å². The van der Waals surface area contributed by atoms with Crippen molar-refractivity contribution in [3.05, 3.63) is 65.2 Å². The average Bonchev–Trinajstić information content (AvgIpc) is 2.81. The van der Waals surface area contributed by atoms with E-state index in [2.05, 4.69) is 0 Å². The third-order valence-electron chi connectivity index (χ3n) is 3.79. The summed E-state index contributed by atoms with van der Waals surface area (Å²) in [7, 11) is 0. The Morgan fingerprint density at radius 1 is 0.957 bits per heavy atom. The minimum absolute atomic E-state index is 0.233. The molecular formula is C18H15NO3S. The number of fused-ring (bicyclic) bond motifs is 1. The maximum Gasteiger partial charge on any atom is 0.262 e. The van der Waals surface area contributed by atoms with Crippen LogP contribution in [0.2, 0.25) is 0 Å². The summed E-state index contributed by atoms with van der Waals surface area (Å²) in [6.07, 6.45) is 0. The SMILES string of the molecule is Cc1ccc(SC(=O)[C@H](C)N2C(=O)c3ccccc3C2=O)cc1. The van der Waals surface area contributed by atoms with Crippen LogP contribution in [0.4, 0.5) is 0 Å². The van der Waals surface area contributed by atoms with Crippen molar-refractivity contribution in [2.75, 3.05) is 0 Å². The van der Waals surface area contributed by atoms with Crippen LogP contribution in [0.5, 0.6) is 0 Å².